The molecule has 0 bridgehead atoms. The lowest BCUT2D eigenvalue weighted by atomic mass is 9.87. The maximum atomic E-state index is 11.1. The zero-order chi connectivity index (χ0) is 19.1. The third-order valence-corrected chi connectivity index (χ3v) is 5.40. The van der Waals surface area contributed by atoms with Gasteiger partial charge >= 0.3 is 0 Å². The molecule has 5 nitrogen and oxygen atoms in total. The number of pyridine rings is 1. The predicted molar refractivity (Wildman–Crippen MR) is 107 cm³/mol. The zero-order valence-corrected chi connectivity index (χ0v) is 16.0. The number of nitrogens with one attached hydrogen (secondary N) is 1. The Morgan fingerprint density at radius 3 is 2.74 bits per heavy atom. The molecule has 0 saturated heterocycles. The van der Waals surface area contributed by atoms with Gasteiger partial charge in [0.2, 0.25) is 11.8 Å². The molecule has 1 aromatic heterocycles. The smallest absolute Gasteiger partial charge is 0.250 e. The van der Waals surface area contributed by atoms with E-state index in [0.29, 0.717) is 11.4 Å². The van der Waals surface area contributed by atoms with E-state index in [2.05, 4.69) is 23.3 Å². The number of hydrogen-bond acceptors (Lipinski definition) is 4. The fourth-order valence-corrected chi connectivity index (χ4v) is 3.67. The molecule has 1 aliphatic carbocycles. The Morgan fingerprint density at radius 1 is 1.22 bits per heavy atom. The molecule has 0 radical (unpaired) electrons. The van der Waals surface area contributed by atoms with E-state index < -0.39 is 5.91 Å². The minimum Gasteiger partial charge on any atom is -0.439 e. The van der Waals surface area contributed by atoms with Crippen LogP contribution in [0.3, 0.4) is 0 Å². The molecule has 0 atom stereocenters. The highest BCUT2D eigenvalue weighted by Crippen LogP contribution is 2.27. The van der Waals surface area contributed by atoms with E-state index in [1.54, 1.807) is 12.1 Å². The van der Waals surface area contributed by atoms with Gasteiger partial charge < -0.3 is 15.8 Å². The number of rotatable bonds is 8. The van der Waals surface area contributed by atoms with Gasteiger partial charge in [0, 0.05) is 18.8 Å². The summed E-state index contributed by atoms with van der Waals surface area (Å²) >= 11 is 0. The summed E-state index contributed by atoms with van der Waals surface area (Å²) in [5.41, 5.74) is 7.94. The highest BCUT2D eigenvalue weighted by atomic mass is 16.5. The SMILES string of the molecule is Cc1c(CNCCC2CCCCC2)cccc1Oc1ccc(C(N)=O)cn1. The Hall–Kier alpha value is -2.40. The molecule has 3 rings (SSSR count). The highest BCUT2D eigenvalue weighted by molar-refractivity contribution is 5.92. The van der Waals surface area contributed by atoms with E-state index in [-0.39, 0.29) is 0 Å². The summed E-state index contributed by atoms with van der Waals surface area (Å²) in [6.07, 6.45) is 9.71. The van der Waals surface area contributed by atoms with Gasteiger partial charge in [0.15, 0.2) is 0 Å². The van der Waals surface area contributed by atoms with Gasteiger partial charge in [-0.1, -0.05) is 44.2 Å². The maximum absolute atomic E-state index is 11.1. The van der Waals surface area contributed by atoms with Gasteiger partial charge in [0.1, 0.15) is 5.75 Å². The molecule has 1 saturated carbocycles. The van der Waals surface area contributed by atoms with Gasteiger partial charge in [-0.2, -0.15) is 0 Å². The van der Waals surface area contributed by atoms with Crippen molar-refractivity contribution in [3.8, 4) is 11.6 Å². The average molecular weight is 367 g/mol. The van der Waals surface area contributed by atoms with E-state index in [0.717, 1.165) is 30.3 Å². The Bertz CT molecular complexity index is 753. The molecule has 1 heterocycles. The first-order valence-corrected chi connectivity index (χ1v) is 9.86. The van der Waals surface area contributed by atoms with Crippen LogP contribution >= 0.6 is 0 Å². The first kappa shape index (κ1) is 19.4. The number of nitrogens with zero attached hydrogens (tertiary/aromatic N) is 1. The lowest BCUT2D eigenvalue weighted by molar-refractivity contribution is 0.1000. The van der Waals surface area contributed by atoms with E-state index >= 15 is 0 Å². The number of amides is 1. The molecule has 144 valence electrons. The molecule has 5 heteroatoms. The van der Waals surface area contributed by atoms with Crippen molar-refractivity contribution in [3.63, 3.8) is 0 Å². The summed E-state index contributed by atoms with van der Waals surface area (Å²) in [6, 6.07) is 9.34. The van der Waals surface area contributed by atoms with Crippen LogP contribution < -0.4 is 15.8 Å². The topological polar surface area (TPSA) is 77.2 Å². The van der Waals surface area contributed by atoms with Crippen LogP contribution in [0.4, 0.5) is 0 Å². The van der Waals surface area contributed by atoms with Crippen molar-refractivity contribution in [1.82, 2.24) is 10.3 Å². The van der Waals surface area contributed by atoms with Gasteiger partial charge in [-0.25, -0.2) is 4.98 Å². The number of hydrogen-bond donors (Lipinski definition) is 2. The first-order valence-electron chi connectivity index (χ1n) is 9.86. The zero-order valence-electron chi connectivity index (χ0n) is 16.0. The van der Waals surface area contributed by atoms with Crippen molar-refractivity contribution >= 4 is 5.91 Å². The van der Waals surface area contributed by atoms with Crippen LogP contribution in [-0.2, 0) is 6.54 Å². The molecule has 0 unspecified atom stereocenters. The third kappa shape index (κ3) is 5.54. The van der Waals surface area contributed by atoms with Crippen LogP contribution in [0.1, 0.15) is 60.0 Å². The molecule has 0 aliphatic heterocycles. The number of nitrogens with two attached hydrogens (primary N) is 1. The quantitative estimate of drug-likeness (QED) is 0.680. The Labute approximate surface area is 161 Å². The number of aromatic nitrogens is 1. The van der Waals surface area contributed by atoms with Crippen molar-refractivity contribution in [2.24, 2.45) is 11.7 Å². The minimum atomic E-state index is -0.494. The lowest BCUT2D eigenvalue weighted by Gasteiger charge is -2.21. The summed E-state index contributed by atoms with van der Waals surface area (Å²) in [5, 5.41) is 3.58. The lowest BCUT2D eigenvalue weighted by Crippen LogP contribution is -2.19. The van der Waals surface area contributed by atoms with E-state index in [1.807, 2.05) is 12.1 Å². The molecule has 0 spiro atoms. The second kappa shape index (κ2) is 9.51. The van der Waals surface area contributed by atoms with Crippen molar-refractivity contribution in [2.75, 3.05) is 6.54 Å². The molecular weight excluding hydrogens is 338 g/mol. The molecule has 27 heavy (non-hydrogen) atoms. The fourth-order valence-electron chi connectivity index (χ4n) is 3.67. The van der Waals surface area contributed by atoms with Crippen molar-refractivity contribution < 1.29 is 9.53 Å². The van der Waals surface area contributed by atoms with Crippen LogP contribution in [0.15, 0.2) is 36.5 Å². The molecule has 1 aromatic carbocycles. The number of primary amides is 1. The molecule has 1 amide bonds. The summed E-state index contributed by atoms with van der Waals surface area (Å²) in [5.74, 6) is 1.63. The van der Waals surface area contributed by atoms with Gasteiger partial charge in [0.25, 0.3) is 0 Å². The van der Waals surface area contributed by atoms with Gasteiger partial charge in [0.05, 0.1) is 5.56 Å². The van der Waals surface area contributed by atoms with Gasteiger partial charge in [-0.3, -0.25) is 4.79 Å². The standard InChI is InChI=1S/C22H29N3O2/c1-16-18(14-24-13-12-17-6-3-2-4-7-17)8-5-9-20(16)27-21-11-10-19(15-25-21)22(23)26/h5,8-11,15,17,24H,2-4,6-7,12-14H2,1H3,(H2,23,26). The van der Waals surface area contributed by atoms with Crippen molar-refractivity contribution in [1.29, 1.82) is 0 Å². The summed E-state index contributed by atoms with van der Waals surface area (Å²) in [7, 11) is 0. The predicted octanol–water partition coefficient (Wildman–Crippen LogP) is 4.34. The van der Waals surface area contributed by atoms with E-state index in [9.17, 15) is 4.79 Å². The summed E-state index contributed by atoms with van der Waals surface area (Å²) in [6.45, 7) is 3.96. The average Bonchev–Trinajstić information content (AvgIpc) is 2.69. The molecule has 3 N–H and O–H groups in total. The molecule has 2 aromatic rings. The molecular formula is C22H29N3O2. The molecule has 1 aliphatic rings. The summed E-state index contributed by atoms with van der Waals surface area (Å²) < 4.78 is 5.90. The highest BCUT2D eigenvalue weighted by Gasteiger charge is 2.13. The van der Waals surface area contributed by atoms with Crippen LogP contribution in [0.25, 0.3) is 0 Å². The first-order chi connectivity index (χ1) is 13.1. The second-order valence-corrected chi connectivity index (χ2v) is 7.36. The van der Waals surface area contributed by atoms with E-state index in [1.165, 1.54) is 50.3 Å². The Balaban J connectivity index is 1.54. The normalized spacial score (nSPS) is 14.9. The monoisotopic (exact) mass is 367 g/mol. The van der Waals surface area contributed by atoms with Crippen LogP contribution in [-0.4, -0.2) is 17.4 Å². The second-order valence-electron chi connectivity index (χ2n) is 7.36. The van der Waals surface area contributed by atoms with Crippen molar-refractivity contribution in [3.05, 3.63) is 53.2 Å². The van der Waals surface area contributed by atoms with Gasteiger partial charge in [-0.05, 0) is 49.1 Å². The maximum Gasteiger partial charge on any atom is 0.250 e. The minimum absolute atomic E-state index is 0.370. The number of carbonyl (C=O) groups excluding carboxylic acids is 1. The Morgan fingerprint density at radius 2 is 2.04 bits per heavy atom. The number of ether oxygens (including phenoxy) is 1. The van der Waals surface area contributed by atoms with Crippen LogP contribution in [0, 0.1) is 12.8 Å². The molecule has 1 fully saturated rings. The Kier molecular flexibility index (Phi) is 6.82. The summed E-state index contributed by atoms with van der Waals surface area (Å²) in [4.78, 5) is 15.3. The van der Waals surface area contributed by atoms with Crippen LogP contribution in [0.5, 0.6) is 11.6 Å². The number of benzene rings is 1. The largest absolute Gasteiger partial charge is 0.439 e. The van der Waals surface area contributed by atoms with Gasteiger partial charge in [-0.15, -0.1) is 0 Å². The third-order valence-electron chi connectivity index (χ3n) is 5.40. The van der Waals surface area contributed by atoms with E-state index in [4.69, 9.17) is 10.5 Å². The fraction of sp³-hybridized carbons (Fsp3) is 0.455. The van der Waals surface area contributed by atoms with Crippen LogP contribution in [0.2, 0.25) is 0 Å². The number of carbonyl (C=O) groups is 1. The van der Waals surface area contributed by atoms with Crippen molar-refractivity contribution in [2.45, 2.75) is 52.0 Å².